The van der Waals surface area contributed by atoms with Gasteiger partial charge in [0.25, 0.3) is 5.56 Å². The molecular formula is C31H29Cl2N5O4. The van der Waals surface area contributed by atoms with Crippen molar-refractivity contribution in [1.82, 2.24) is 20.0 Å². The Balaban J connectivity index is 1.19. The molecule has 0 spiro atoms. The van der Waals surface area contributed by atoms with Crippen LogP contribution in [0.4, 0.5) is 5.69 Å². The highest BCUT2D eigenvalue weighted by atomic mass is 35.5. The van der Waals surface area contributed by atoms with Crippen LogP contribution in [0.2, 0.25) is 10.0 Å². The zero-order valence-corrected chi connectivity index (χ0v) is 24.7. The van der Waals surface area contributed by atoms with Crippen molar-refractivity contribution in [2.45, 2.75) is 20.4 Å². The Hall–Kier alpha value is -4.34. The topological polar surface area (TPSA) is 96.8 Å². The summed E-state index contributed by atoms with van der Waals surface area (Å²) in [6.07, 6.45) is 1.55. The fourth-order valence-corrected chi connectivity index (χ4v) is 5.08. The molecule has 1 aliphatic rings. The molecule has 0 unspecified atom stereocenters. The quantitative estimate of drug-likeness (QED) is 0.314. The van der Waals surface area contributed by atoms with Gasteiger partial charge in [-0.2, -0.15) is 9.78 Å². The van der Waals surface area contributed by atoms with E-state index in [9.17, 15) is 14.4 Å². The summed E-state index contributed by atoms with van der Waals surface area (Å²) in [6.45, 7) is 5.42. The second kappa shape index (κ2) is 12.7. The van der Waals surface area contributed by atoms with E-state index in [4.69, 9.17) is 27.9 Å². The summed E-state index contributed by atoms with van der Waals surface area (Å²) in [7, 11) is 0. The molecule has 42 heavy (non-hydrogen) atoms. The number of aromatic nitrogens is 2. The normalized spacial score (nSPS) is 13.1. The summed E-state index contributed by atoms with van der Waals surface area (Å²) < 4.78 is 7.31. The summed E-state index contributed by atoms with van der Waals surface area (Å²) >= 11 is 12.6. The molecule has 3 aromatic carbocycles. The van der Waals surface area contributed by atoms with Crippen molar-refractivity contribution in [3.05, 3.63) is 110 Å². The maximum atomic E-state index is 12.9. The van der Waals surface area contributed by atoms with Crippen molar-refractivity contribution in [2.75, 3.05) is 31.1 Å². The fraction of sp³-hybridized carbons (Fsp3) is 0.226. The lowest BCUT2D eigenvalue weighted by molar-refractivity contribution is -0.146. The molecule has 2 amide bonds. The van der Waals surface area contributed by atoms with Gasteiger partial charge in [0.1, 0.15) is 16.5 Å². The number of nitrogens with one attached hydrogen (secondary N) is 1. The van der Waals surface area contributed by atoms with E-state index in [2.05, 4.69) is 10.4 Å². The Morgan fingerprint density at radius 1 is 0.929 bits per heavy atom. The van der Waals surface area contributed by atoms with Crippen molar-refractivity contribution >= 4 is 40.7 Å². The number of ether oxygens (including phenoxy) is 1. The monoisotopic (exact) mass is 605 g/mol. The molecule has 0 aliphatic carbocycles. The van der Waals surface area contributed by atoms with Crippen LogP contribution in [0.5, 0.6) is 11.5 Å². The largest absolute Gasteiger partial charge is 0.457 e. The number of rotatable bonds is 6. The fourth-order valence-electron chi connectivity index (χ4n) is 4.63. The number of nitrogens with zero attached hydrogens (tertiary/aromatic N) is 4. The number of anilines is 1. The maximum Gasteiger partial charge on any atom is 0.312 e. The van der Waals surface area contributed by atoms with Crippen LogP contribution in [0.25, 0.3) is 5.69 Å². The summed E-state index contributed by atoms with van der Waals surface area (Å²) in [5.74, 6) is -0.180. The molecule has 4 aromatic rings. The Labute approximate surface area is 253 Å². The van der Waals surface area contributed by atoms with E-state index < -0.39 is 17.4 Å². The van der Waals surface area contributed by atoms with Crippen LogP contribution in [0.1, 0.15) is 16.7 Å². The second-order valence-electron chi connectivity index (χ2n) is 9.96. The Morgan fingerprint density at radius 2 is 1.67 bits per heavy atom. The molecule has 216 valence electrons. The zero-order chi connectivity index (χ0) is 29.8. The highest BCUT2D eigenvalue weighted by Gasteiger charge is 2.28. The first-order chi connectivity index (χ1) is 20.2. The summed E-state index contributed by atoms with van der Waals surface area (Å²) in [5.41, 5.74) is 3.55. The van der Waals surface area contributed by atoms with Crippen LogP contribution < -0.4 is 20.5 Å². The van der Waals surface area contributed by atoms with Crippen LogP contribution in [-0.2, 0) is 16.1 Å². The first-order valence-electron chi connectivity index (χ1n) is 13.4. The number of carbonyl (C=O) groups excluding carboxylic acids is 2. The molecule has 0 bridgehead atoms. The van der Waals surface area contributed by atoms with Crippen LogP contribution in [0, 0.1) is 13.8 Å². The number of hydrogen-bond donors (Lipinski definition) is 1. The standard InChI is InChI=1S/C31H29Cl2N5O4/c1-20-8-10-25(16-21(20)2)42-27-11-9-23(32)17-22(27)18-34-29(39)31(41)37-14-12-36(13-15-37)26-19-35-38(30(40)28(26)33)24-6-4-3-5-7-24/h3-11,16-17,19H,12-15,18H2,1-2H3,(H,34,39). The number of aryl methyl sites for hydroxylation is 2. The van der Waals surface area contributed by atoms with Gasteiger partial charge < -0.3 is 19.9 Å². The molecule has 1 N–H and O–H groups in total. The van der Waals surface area contributed by atoms with Gasteiger partial charge in [0.15, 0.2) is 0 Å². The molecule has 2 heterocycles. The third-order valence-electron chi connectivity index (χ3n) is 7.17. The third kappa shape index (κ3) is 6.42. The molecule has 9 nitrogen and oxygen atoms in total. The van der Waals surface area contributed by atoms with E-state index in [0.29, 0.717) is 46.5 Å². The lowest BCUT2D eigenvalue weighted by Crippen LogP contribution is -2.52. The van der Waals surface area contributed by atoms with Gasteiger partial charge in [-0.15, -0.1) is 0 Å². The van der Waals surface area contributed by atoms with E-state index in [1.54, 1.807) is 36.5 Å². The van der Waals surface area contributed by atoms with E-state index in [1.807, 2.05) is 55.1 Å². The number of amides is 2. The van der Waals surface area contributed by atoms with E-state index in [0.717, 1.165) is 11.1 Å². The minimum Gasteiger partial charge on any atom is -0.457 e. The SMILES string of the molecule is Cc1ccc(Oc2ccc(Cl)cc2CNC(=O)C(=O)N2CCN(c3cnn(-c4ccccc4)c(=O)c3Cl)CC2)cc1C. The molecule has 11 heteroatoms. The molecular weight excluding hydrogens is 577 g/mol. The van der Waals surface area contributed by atoms with Crippen LogP contribution in [0.15, 0.2) is 77.7 Å². The van der Waals surface area contributed by atoms with Crippen LogP contribution in [-0.4, -0.2) is 52.7 Å². The molecule has 0 saturated carbocycles. The van der Waals surface area contributed by atoms with Crippen LogP contribution in [0.3, 0.4) is 0 Å². The first kappa shape index (κ1) is 29.2. The van der Waals surface area contributed by atoms with Gasteiger partial charge in [-0.1, -0.05) is 47.5 Å². The molecule has 1 saturated heterocycles. The highest BCUT2D eigenvalue weighted by Crippen LogP contribution is 2.29. The van der Waals surface area contributed by atoms with E-state index >= 15 is 0 Å². The van der Waals surface area contributed by atoms with Crippen molar-refractivity contribution in [3.8, 4) is 17.2 Å². The third-order valence-corrected chi connectivity index (χ3v) is 7.76. The molecule has 1 fully saturated rings. The van der Waals surface area contributed by atoms with Gasteiger partial charge in [-0.3, -0.25) is 14.4 Å². The van der Waals surface area contributed by atoms with E-state index in [1.165, 1.54) is 9.58 Å². The number of carbonyl (C=O) groups is 2. The van der Waals surface area contributed by atoms with Crippen molar-refractivity contribution < 1.29 is 14.3 Å². The van der Waals surface area contributed by atoms with Crippen molar-refractivity contribution in [3.63, 3.8) is 0 Å². The highest BCUT2D eigenvalue weighted by molar-refractivity contribution is 6.35. The van der Waals surface area contributed by atoms with Gasteiger partial charge in [0.05, 0.1) is 17.6 Å². The maximum absolute atomic E-state index is 12.9. The Morgan fingerprint density at radius 3 is 2.38 bits per heavy atom. The Bertz CT molecular complexity index is 1680. The van der Waals surface area contributed by atoms with Crippen LogP contribution >= 0.6 is 23.2 Å². The predicted octanol–water partition coefficient (Wildman–Crippen LogP) is 4.91. The number of halogens is 2. The minimum absolute atomic E-state index is 0.0479. The molecule has 0 atom stereocenters. The Kier molecular flexibility index (Phi) is 8.80. The van der Waals surface area contributed by atoms with E-state index in [-0.39, 0.29) is 24.7 Å². The van der Waals surface area contributed by atoms with Gasteiger partial charge in [0, 0.05) is 43.3 Å². The average Bonchev–Trinajstić information content (AvgIpc) is 3.00. The molecule has 0 radical (unpaired) electrons. The molecule has 1 aromatic heterocycles. The summed E-state index contributed by atoms with van der Waals surface area (Å²) in [5, 5.41) is 7.51. The molecule has 1 aliphatic heterocycles. The zero-order valence-electron chi connectivity index (χ0n) is 23.1. The van der Waals surface area contributed by atoms with Gasteiger partial charge >= 0.3 is 11.8 Å². The predicted molar refractivity (Wildman–Crippen MR) is 163 cm³/mol. The molecule has 5 rings (SSSR count). The van der Waals surface area contributed by atoms with Gasteiger partial charge in [-0.25, -0.2) is 0 Å². The second-order valence-corrected chi connectivity index (χ2v) is 10.8. The summed E-state index contributed by atoms with van der Waals surface area (Å²) in [4.78, 5) is 42.0. The average molecular weight is 607 g/mol. The minimum atomic E-state index is -0.731. The van der Waals surface area contributed by atoms with Crippen molar-refractivity contribution in [1.29, 1.82) is 0 Å². The number of piperazine rings is 1. The van der Waals surface area contributed by atoms with Crippen molar-refractivity contribution in [2.24, 2.45) is 0 Å². The summed E-state index contributed by atoms with van der Waals surface area (Å²) in [6, 6.07) is 19.9. The number of hydrogen-bond acceptors (Lipinski definition) is 6. The number of para-hydroxylation sites is 1. The van der Waals surface area contributed by atoms with Gasteiger partial charge in [0.2, 0.25) is 0 Å². The lowest BCUT2D eigenvalue weighted by atomic mass is 10.1. The smallest absolute Gasteiger partial charge is 0.312 e. The number of benzene rings is 3. The first-order valence-corrected chi connectivity index (χ1v) is 14.2. The lowest BCUT2D eigenvalue weighted by Gasteiger charge is -2.35. The van der Waals surface area contributed by atoms with Gasteiger partial charge in [-0.05, 0) is 67.4 Å².